The van der Waals surface area contributed by atoms with Crippen molar-refractivity contribution < 1.29 is 0 Å². The third-order valence-corrected chi connectivity index (χ3v) is 3.26. The lowest BCUT2D eigenvalue weighted by Gasteiger charge is -2.13. The highest BCUT2D eigenvalue weighted by Crippen LogP contribution is 2.46. The molecular weight excluding hydrogens is 202 g/mol. The second-order valence-electron chi connectivity index (χ2n) is 4.94. The zero-order valence-electron chi connectivity index (χ0n) is 10.0. The standard InChI is InChI=1S/C11H19N5/c1-4-7-9(13-6-14-10(7)16-12)15-8-5-11(8,2)3/h6,8H,4-5,12H2,1-3H3,(H2,13,14,15,16). The maximum atomic E-state index is 5.43. The molecule has 1 aromatic rings. The average molecular weight is 221 g/mol. The van der Waals surface area contributed by atoms with Crippen molar-refractivity contribution in [1.29, 1.82) is 0 Å². The average Bonchev–Trinajstić information content (AvgIpc) is 2.85. The van der Waals surface area contributed by atoms with E-state index < -0.39 is 0 Å². The smallest absolute Gasteiger partial charge is 0.148 e. The van der Waals surface area contributed by atoms with Crippen molar-refractivity contribution in [3.8, 4) is 0 Å². The van der Waals surface area contributed by atoms with E-state index in [9.17, 15) is 0 Å². The predicted molar refractivity (Wildman–Crippen MR) is 65.0 cm³/mol. The second-order valence-corrected chi connectivity index (χ2v) is 4.94. The summed E-state index contributed by atoms with van der Waals surface area (Å²) < 4.78 is 0. The van der Waals surface area contributed by atoms with Crippen molar-refractivity contribution in [3.05, 3.63) is 11.9 Å². The predicted octanol–water partition coefficient (Wildman–Crippen LogP) is 1.53. The first-order valence-electron chi connectivity index (χ1n) is 5.65. The maximum Gasteiger partial charge on any atom is 0.148 e. The van der Waals surface area contributed by atoms with Gasteiger partial charge in [-0.2, -0.15) is 0 Å². The quantitative estimate of drug-likeness (QED) is 0.531. The van der Waals surface area contributed by atoms with Crippen LogP contribution in [0.3, 0.4) is 0 Å². The fourth-order valence-corrected chi connectivity index (χ4v) is 1.87. The zero-order valence-corrected chi connectivity index (χ0v) is 10.0. The van der Waals surface area contributed by atoms with Crippen molar-refractivity contribution in [3.63, 3.8) is 0 Å². The van der Waals surface area contributed by atoms with Gasteiger partial charge in [-0.05, 0) is 18.3 Å². The first-order chi connectivity index (χ1) is 7.58. The van der Waals surface area contributed by atoms with Gasteiger partial charge in [0.1, 0.15) is 18.0 Å². The first kappa shape index (κ1) is 11.1. The molecule has 1 aliphatic rings. The third-order valence-electron chi connectivity index (χ3n) is 3.26. The summed E-state index contributed by atoms with van der Waals surface area (Å²) in [5.41, 5.74) is 4.04. The van der Waals surface area contributed by atoms with Gasteiger partial charge in [-0.15, -0.1) is 0 Å². The van der Waals surface area contributed by atoms with Gasteiger partial charge in [0.05, 0.1) is 0 Å². The Kier molecular flexibility index (Phi) is 2.71. The molecule has 0 radical (unpaired) electrons. The molecule has 1 aromatic heterocycles. The number of hydrogen-bond donors (Lipinski definition) is 3. The SMILES string of the molecule is CCc1c(NN)ncnc1NC1CC1(C)C. The lowest BCUT2D eigenvalue weighted by molar-refractivity contribution is 0.629. The number of hydrazine groups is 1. The Labute approximate surface area is 95.8 Å². The molecule has 0 aliphatic heterocycles. The van der Waals surface area contributed by atoms with Crippen molar-refractivity contribution in [1.82, 2.24) is 9.97 Å². The van der Waals surface area contributed by atoms with E-state index in [0.717, 1.165) is 17.8 Å². The van der Waals surface area contributed by atoms with Crippen molar-refractivity contribution in [2.75, 3.05) is 10.7 Å². The number of nitrogens with one attached hydrogen (secondary N) is 2. The number of hydrogen-bond acceptors (Lipinski definition) is 5. The van der Waals surface area contributed by atoms with Gasteiger partial charge < -0.3 is 10.7 Å². The van der Waals surface area contributed by atoms with E-state index in [1.54, 1.807) is 0 Å². The summed E-state index contributed by atoms with van der Waals surface area (Å²) in [7, 11) is 0. The van der Waals surface area contributed by atoms with Crippen molar-refractivity contribution in [2.45, 2.75) is 39.7 Å². The number of nitrogens with two attached hydrogens (primary N) is 1. The number of rotatable bonds is 4. The summed E-state index contributed by atoms with van der Waals surface area (Å²) >= 11 is 0. The molecule has 1 atom stereocenters. The van der Waals surface area contributed by atoms with Gasteiger partial charge in [-0.1, -0.05) is 20.8 Å². The lowest BCUT2D eigenvalue weighted by Crippen LogP contribution is -2.16. The van der Waals surface area contributed by atoms with Crippen LogP contribution in [0.25, 0.3) is 0 Å². The molecule has 1 fully saturated rings. The van der Waals surface area contributed by atoms with Crippen LogP contribution in [-0.4, -0.2) is 16.0 Å². The van der Waals surface area contributed by atoms with Gasteiger partial charge in [0, 0.05) is 11.6 Å². The minimum atomic E-state index is 0.381. The van der Waals surface area contributed by atoms with Crippen LogP contribution in [0.15, 0.2) is 6.33 Å². The fraction of sp³-hybridized carbons (Fsp3) is 0.636. The molecule has 0 aromatic carbocycles. The Balaban J connectivity index is 2.20. The fourth-order valence-electron chi connectivity index (χ4n) is 1.87. The monoisotopic (exact) mass is 221 g/mol. The molecule has 1 saturated carbocycles. The summed E-state index contributed by atoms with van der Waals surface area (Å²) in [4.78, 5) is 8.39. The molecule has 1 heterocycles. The molecule has 88 valence electrons. The number of aromatic nitrogens is 2. The number of nitrogen functional groups attached to an aromatic ring is 1. The molecule has 5 heteroatoms. The van der Waals surface area contributed by atoms with Crippen molar-refractivity contribution in [2.24, 2.45) is 11.3 Å². The number of nitrogens with zero attached hydrogens (tertiary/aromatic N) is 2. The molecule has 1 aliphatic carbocycles. The molecule has 0 saturated heterocycles. The highest BCUT2D eigenvalue weighted by molar-refractivity contribution is 5.57. The van der Waals surface area contributed by atoms with E-state index in [1.807, 2.05) is 0 Å². The van der Waals surface area contributed by atoms with Crippen molar-refractivity contribution >= 4 is 11.6 Å². The van der Waals surface area contributed by atoms with Gasteiger partial charge in [-0.25, -0.2) is 15.8 Å². The van der Waals surface area contributed by atoms with Gasteiger partial charge in [0.2, 0.25) is 0 Å². The van der Waals surface area contributed by atoms with Crippen LogP contribution in [0.4, 0.5) is 11.6 Å². The summed E-state index contributed by atoms with van der Waals surface area (Å²) in [5, 5.41) is 3.45. The Hall–Kier alpha value is -1.36. The van der Waals surface area contributed by atoms with Gasteiger partial charge in [0.15, 0.2) is 0 Å². The Morgan fingerprint density at radius 2 is 2.06 bits per heavy atom. The molecule has 2 rings (SSSR count). The van der Waals surface area contributed by atoms with E-state index >= 15 is 0 Å². The molecule has 5 nitrogen and oxygen atoms in total. The van der Waals surface area contributed by atoms with Crippen LogP contribution in [0, 0.1) is 5.41 Å². The van der Waals surface area contributed by atoms with E-state index in [-0.39, 0.29) is 0 Å². The highest BCUT2D eigenvalue weighted by Gasteiger charge is 2.46. The normalized spacial score (nSPS) is 21.6. The Bertz CT molecular complexity index is 388. The van der Waals surface area contributed by atoms with Gasteiger partial charge >= 0.3 is 0 Å². The van der Waals surface area contributed by atoms with Crippen LogP contribution in [0.2, 0.25) is 0 Å². The van der Waals surface area contributed by atoms with E-state index in [0.29, 0.717) is 17.3 Å². The summed E-state index contributed by atoms with van der Waals surface area (Å²) in [6.45, 7) is 6.57. The molecule has 0 spiro atoms. The number of anilines is 2. The summed E-state index contributed by atoms with van der Waals surface area (Å²) in [6.07, 6.45) is 3.58. The Morgan fingerprint density at radius 3 is 2.56 bits per heavy atom. The topological polar surface area (TPSA) is 75.9 Å². The van der Waals surface area contributed by atoms with E-state index in [2.05, 4.69) is 41.5 Å². The minimum absolute atomic E-state index is 0.381. The van der Waals surface area contributed by atoms with Crippen LogP contribution in [0.5, 0.6) is 0 Å². The molecule has 0 bridgehead atoms. The van der Waals surface area contributed by atoms with Crippen LogP contribution in [-0.2, 0) is 6.42 Å². The molecular formula is C11H19N5. The van der Waals surface area contributed by atoms with E-state index in [1.165, 1.54) is 12.7 Å². The van der Waals surface area contributed by atoms with Gasteiger partial charge in [0.25, 0.3) is 0 Å². The van der Waals surface area contributed by atoms with Crippen LogP contribution >= 0.6 is 0 Å². The van der Waals surface area contributed by atoms with Crippen LogP contribution in [0.1, 0.15) is 32.8 Å². The molecule has 0 amide bonds. The lowest BCUT2D eigenvalue weighted by atomic mass is 10.2. The summed E-state index contributed by atoms with van der Waals surface area (Å²) in [6, 6.07) is 0.512. The Morgan fingerprint density at radius 1 is 1.44 bits per heavy atom. The maximum absolute atomic E-state index is 5.43. The second kappa shape index (κ2) is 3.90. The zero-order chi connectivity index (χ0) is 11.8. The molecule has 16 heavy (non-hydrogen) atoms. The van der Waals surface area contributed by atoms with Gasteiger partial charge in [-0.3, -0.25) is 0 Å². The molecule has 1 unspecified atom stereocenters. The van der Waals surface area contributed by atoms with E-state index in [4.69, 9.17) is 5.84 Å². The summed E-state index contributed by atoms with van der Waals surface area (Å²) in [5.74, 6) is 7.04. The first-order valence-corrected chi connectivity index (χ1v) is 5.65. The van der Waals surface area contributed by atoms with Crippen LogP contribution < -0.4 is 16.6 Å². The largest absolute Gasteiger partial charge is 0.366 e. The molecule has 4 N–H and O–H groups in total. The highest BCUT2D eigenvalue weighted by atomic mass is 15.3. The minimum Gasteiger partial charge on any atom is -0.366 e. The third kappa shape index (κ3) is 1.95.